The molecule has 1 amide bonds. The van der Waals surface area contributed by atoms with E-state index in [2.05, 4.69) is 5.32 Å². The highest BCUT2D eigenvalue weighted by Gasteiger charge is 1.99. The van der Waals surface area contributed by atoms with Gasteiger partial charge in [-0.25, -0.2) is 0 Å². The van der Waals surface area contributed by atoms with Gasteiger partial charge in [-0.15, -0.1) is 0 Å². The number of hydrogen-bond acceptors (Lipinski definition) is 2. The van der Waals surface area contributed by atoms with Gasteiger partial charge in [-0.05, 0) is 5.56 Å². The summed E-state index contributed by atoms with van der Waals surface area (Å²) in [4.78, 5) is 21.5. The predicted molar refractivity (Wildman–Crippen MR) is 65.4 cm³/mol. The van der Waals surface area contributed by atoms with E-state index in [9.17, 15) is 9.59 Å². The molecule has 0 spiro atoms. The maximum atomic E-state index is 11.3. The van der Waals surface area contributed by atoms with E-state index in [0.29, 0.717) is 0 Å². The molecule has 4 nitrogen and oxygen atoms in total. The van der Waals surface area contributed by atoms with Gasteiger partial charge in [0, 0.05) is 13.0 Å². The van der Waals surface area contributed by atoms with Crippen molar-refractivity contribution in [2.75, 3.05) is 6.54 Å². The number of benzene rings is 1. The highest BCUT2D eigenvalue weighted by Crippen LogP contribution is 2.01. The molecule has 4 heteroatoms. The van der Waals surface area contributed by atoms with Gasteiger partial charge in [-0.1, -0.05) is 42.5 Å². The molecule has 2 N–H and O–H groups in total. The molecule has 0 heterocycles. The lowest BCUT2D eigenvalue weighted by Gasteiger charge is -1.99. The van der Waals surface area contributed by atoms with Crippen LogP contribution in [0, 0.1) is 0 Å². The van der Waals surface area contributed by atoms with Crippen molar-refractivity contribution in [2.24, 2.45) is 0 Å². The van der Waals surface area contributed by atoms with Gasteiger partial charge in [0.2, 0.25) is 5.91 Å². The number of nitrogens with one attached hydrogen (secondary N) is 1. The van der Waals surface area contributed by atoms with Crippen molar-refractivity contribution < 1.29 is 14.7 Å². The molecule has 0 saturated heterocycles. The molecule has 0 aliphatic rings. The summed E-state index contributed by atoms with van der Waals surface area (Å²) in [5, 5.41) is 10.9. The van der Waals surface area contributed by atoms with Crippen LogP contribution >= 0.6 is 0 Å². The fraction of sp³-hybridized carbons (Fsp3) is 0.231. The molecule has 0 saturated carbocycles. The molecule has 0 aromatic heterocycles. The topological polar surface area (TPSA) is 66.4 Å². The Morgan fingerprint density at radius 1 is 1.24 bits per heavy atom. The van der Waals surface area contributed by atoms with Gasteiger partial charge >= 0.3 is 5.97 Å². The minimum atomic E-state index is -0.912. The van der Waals surface area contributed by atoms with Crippen LogP contribution in [0.4, 0.5) is 0 Å². The minimum Gasteiger partial charge on any atom is -0.481 e. The van der Waals surface area contributed by atoms with Crippen LogP contribution in [0.5, 0.6) is 0 Å². The normalized spacial score (nSPS) is 10.4. The standard InChI is InChI=1S/C13H15NO3/c15-12(14-10-9-13(16)17)8-4-7-11-5-2-1-3-6-11/h1-7H,8-10H2,(H,14,15)(H,16,17)/b7-4+. The Kier molecular flexibility index (Phi) is 5.51. The number of rotatable bonds is 6. The molecule has 17 heavy (non-hydrogen) atoms. The summed E-state index contributed by atoms with van der Waals surface area (Å²) in [7, 11) is 0. The molecule has 1 aromatic rings. The van der Waals surface area contributed by atoms with Crippen LogP contribution in [0.1, 0.15) is 18.4 Å². The third-order valence-electron chi connectivity index (χ3n) is 2.07. The lowest BCUT2D eigenvalue weighted by molar-refractivity contribution is -0.136. The van der Waals surface area contributed by atoms with E-state index < -0.39 is 5.97 Å². The van der Waals surface area contributed by atoms with Crippen LogP contribution in [0.3, 0.4) is 0 Å². The van der Waals surface area contributed by atoms with E-state index >= 15 is 0 Å². The molecular weight excluding hydrogens is 218 g/mol. The zero-order valence-corrected chi connectivity index (χ0v) is 9.43. The number of carbonyl (C=O) groups excluding carboxylic acids is 1. The second-order valence-electron chi connectivity index (χ2n) is 3.51. The zero-order valence-electron chi connectivity index (χ0n) is 9.43. The van der Waals surface area contributed by atoms with Crippen LogP contribution in [-0.4, -0.2) is 23.5 Å². The van der Waals surface area contributed by atoms with Gasteiger partial charge < -0.3 is 10.4 Å². The first kappa shape index (κ1) is 13.0. The van der Waals surface area contributed by atoms with E-state index in [0.717, 1.165) is 5.56 Å². The predicted octanol–water partition coefficient (Wildman–Crippen LogP) is 1.68. The van der Waals surface area contributed by atoms with Crippen molar-refractivity contribution in [1.82, 2.24) is 5.32 Å². The molecule has 90 valence electrons. The number of carbonyl (C=O) groups is 2. The van der Waals surface area contributed by atoms with E-state index in [1.807, 2.05) is 36.4 Å². The highest BCUT2D eigenvalue weighted by atomic mass is 16.4. The molecule has 0 aliphatic heterocycles. The van der Waals surface area contributed by atoms with Gasteiger partial charge in [0.15, 0.2) is 0 Å². The van der Waals surface area contributed by atoms with Crippen molar-refractivity contribution in [1.29, 1.82) is 0 Å². The summed E-state index contributed by atoms with van der Waals surface area (Å²) in [6.07, 6.45) is 3.82. The largest absolute Gasteiger partial charge is 0.481 e. The van der Waals surface area contributed by atoms with Crippen LogP contribution < -0.4 is 5.32 Å². The first-order valence-electron chi connectivity index (χ1n) is 5.38. The van der Waals surface area contributed by atoms with E-state index in [1.54, 1.807) is 6.08 Å². The minimum absolute atomic E-state index is 0.0475. The summed E-state index contributed by atoms with van der Waals surface area (Å²) in [6, 6.07) is 9.66. The zero-order chi connectivity index (χ0) is 12.5. The second-order valence-corrected chi connectivity index (χ2v) is 3.51. The molecule has 0 bridgehead atoms. The summed E-state index contributed by atoms with van der Waals surface area (Å²) < 4.78 is 0. The molecular formula is C13H15NO3. The summed E-state index contributed by atoms with van der Waals surface area (Å²) in [5.41, 5.74) is 1.03. The number of hydrogen-bond donors (Lipinski definition) is 2. The van der Waals surface area contributed by atoms with Crippen LogP contribution in [0.15, 0.2) is 36.4 Å². The quantitative estimate of drug-likeness (QED) is 0.785. The van der Waals surface area contributed by atoms with Gasteiger partial charge in [0.05, 0.1) is 6.42 Å². The van der Waals surface area contributed by atoms with Crippen LogP contribution in [0.2, 0.25) is 0 Å². The smallest absolute Gasteiger partial charge is 0.305 e. The molecule has 0 aliphatic carbocycles. The summed E-state index contributed by atoms with van der Waals surface area (Å²) >= 11 is 0. The van der Waals surface area contributed by atoms with Gasteiger partial charge in [-0.3, -0.25) is 9.59 Å². The number of aliphatic carboxylic acids is 1. The van der Waals surface area contributed by atoms with E-state index in [1.165, 1.54) is 0 Å². The molecule has 0 radical (unpaired) electrons. The maximum absolute atomic E-state index is 11.3. The van der Waals surface area contributed by atoms with Crippen molar-refractivity contribution in [3.05, 3.63) is 42.0 Å². The third-order valence-corrected chi connectivity index (χ3v) is 2.07. The summed E-state index contributed by atoms with van der Waals surface area (Å²) in [5.74, 6) is -1.08. The summed E-state index contributed by atoms with van der Waals surface area (Å²) in [6.45, 7) is 0.174. The fourth-order valence-electron chi connectivity index (χ4n) is 1.25. The number of amides is 1. The SMILES string of the molecule is O=C(O)CCNC(=O)C/C=C/c1ccccc1. The first-order chi connectivity index (χ1) is 8.18. The Labute approximate surface area is 100.0 Å². The lowest BCUT2D eigenvalue weighted by atomic mass is 10.2. The first-order valence-corrected chi connectivity index (χ1v) is 5.38. The van der Waals surface area contributed by atoms with Crippen molar-refractivity contribution in [3.8, 4) is 0 Å². The number of carboxylic acids is 1. The van der Waals surface area contributed by atoms with Crippen molar-refractivity contribution >= 4 is 18.0 Å². The van der Waals surface area contributed by atoms with Crippen LogP contribution in [0.25, 0.3) is 6.08 Å². The third kappa shape index (κ3) is 6.14. The van der Waals surface area contributed by atoms with Gasteiger partial charge in [0.25, 0.3) is 0 Å². The molecule has 0 fully saturated rings. The Bertz CT molecular complexity index is 398. The average molecular weight is 233 g/mol. The molecule has 0 atom stereocenters. The van der Waals surface area contributed by atoms with Gasteiger partial charge in [0.1, 0.15) is 0 Å². The fourth-order valence-corrected chi connectivity index (χ4v) is 1.25. The molecule has 0 unspecified atom stereocenters. The van der Waals surface area contributed by atoms with Crippen LogP contribution in [-0.2, 0) is 9.59 Å². The maximum Gasteiger partial charge on any atom is 0.305 e. The van der Waals surface area contributed by atoms with Gasteiger partial charge in [-0.2, -0.15) is 0 Å². The van der Waals surface area contributed by atoms with Crippen molar-refractivity contribution in [2.45, 2.75) is 12.8 Å². The second kappa shape index (κ2) is 7.22. The highest BCUT2D eigenvalue weighted by molar-refractivity contribution is 5.79. The monoisotopic (exact) mass is 233 g/mol. The Morgan fingerprint density at radius 3 is 2.59 bits per heavy atom. The Balaban J connectivity index is 2.24. The number of carboxylic acid groups (broad SMARTS) is 1. The Hall–Kier alpha value is -2.10. The molecule has 1 rings (SSSR count). The van der Waals surface area contributed by atoms with E-state index in [4.69, 9.17) is 5.11 Å². The average Bonchev–Trinajstić information content (AvgIpc) is 2.30. The van der Waals surface area contributed by atoms with Crippen molar-refractivity contribution in [3.63, 3.8) is 0 Å². The van der Waals surface area contributed by atoms with E-state index in [-0.39, 0.29) is 25.3 Å². The Morgan fingerprint density at radius 2 is 1.94 bits per heavy atom. The molecule has 1 aromatic carbocycles. The lowest BCUT2D eigenvalue weighted by Crippen LogP contribution is -2.25.